The van der Waals surface area contributed by atoms with Crippen LogP contribution < -0.4 is 0 Å². The highest BCUT2D eigenvalue weighted by molar-refractivity contribution is 5.91. The van der Waals surface area contributed by atoms with Gasteiger partial charge < -0.3 is 9.42 Å². The Hall–Kier alpha value is -2.91. The van der Waals surface area contributed by atoms with Crippen molar-refractivity contribution in [3.8, 4) is 0 Å². The van der Waals surface area contributed by atoms with E-state index in [0.29, 0.717) is 30.9 Å². The van der Waals surface area contributed by atoms with Crippen LogP contribution in [-0.2, 0) is 6.18 Å². The summed E-state index contributed by atoms with van der Waals surface area (Å²) >= 11 is 0. The third-order valence-electron chi connectivity index (χ3n) is 5.32. The third kappa shape index (κ3) is 3.78. The van der Waals surface area contributed by atoms with Crippen molar-refractivity contribution in [2.24, 2.45) is 0 Å². The van der Waals surface area contributed by atoms with Crippen molar-refractivity contribution < 1.29 is 22.5 Å². The number of fused-ring (bicyclic) bond motifs is 1. The molecule has 3 aromatic rings. The van der Waals surface area contributed by atoms with Crippen molar-refractivity contribution in [1.82, 2.24) is 24.7 Å². The van der Waals surface area contributed by atoms with Crippen LogP contribution in [0, 0.1) is 6.92 Å². The molecule has 0 unspecified atom stereocenters. The minimum Gasteiger partial charge on any atom is -0.351 e. The van der Waals surface area contributed by atoms with E-state index in [1.165, 1.54) is 6.92 Å². The molecule has 0 N–H and O–H groups in total. The number of likely N-dealkylation sites (tertiary alicyclic amines) is 1. The zero-order chi connectivity index (χ0) is 21.6. The van der Waals surface area contributed by atoms with Gasteiger partial charge in [-0.25, -0.2) is 9.50 Å². The Kier molecular flexibility index (Phi) is 5.03. The average Bonchev–Trinajstić information content (AvgIpc) is 3.33. The number of alkyl halides is 3. The summed E-state index contributed by atoms with van der Waals surface area (Å²) in [5.41, 5.74) is 0.762. The number of rotatable bonds is 3. The number of nitrogens with zero attached hydrogens (tertiary/aromatic N) is 5. The standard InChI is InChI=1S/C20H22F3N5O2/c1-11(2)14-8-16(30-26-14)19(29)27-6-4-5-13(10-27)15-9-18-24-12(3)7-17(20(21,22)23)28(18)25-15/h7-9,11,13H,4-6,10H2,1-3H3/t13-/m1/s1. The highest BCUT2D eigenvalue weighted by Crippen LogP contribution is 2.32. The minimum absolute atomic E-state index is 0.140. The van der Waals surface area contributed by atoms with Crippen LogP contribution in [0.4, 0.5) is 13.2 Å². The van der Waals surface area contributed by atoms with Gasteiger partial charge in [0.2, 0.25) is 5.76 Å². The fourth-order valence-electron chi connectivity index (χ4n) is 3.74. The Bertz CT molecular complexity index is 1090. The van der Waals surface area contributed by atoms with E-state index in [1.807, 2.05) is 13.8 Å². The van der Waals surface area contributed by atoms with Gasteiger partial charge in [-0.05, 0) is 31.7 Å². The molecule has 1 amide bonds. The molecule has 0 bridgehead atoms. The molecule has 0 aliphatic carbocycles. The van der Waals surface area contributed by atoms with Crippen molar-refractivity contribution in [2.75, 3.05) is 13.1 Å². The molecule has 160 valence electrons. The summed E-state index contributed by atoms with van der Waals surface area (Å²) in [7, 11) is 0. The number of hydrogen-bond acceptors (Lipinski definition) is 5. The number of amides is 1. The molecular formula is C20H22F3N5O2. The Balaban J connectivity index is 1.60. The largest absolute Gasteiger partial charge is 0.433 e. The molecule has 0 radical (unpaired) electrons. The Labute approximate surface area is 170 Å². The molecule has 1 fully saturated rings. The first-order valence-electron chi connectivity index (χ1n) is 9.84. The number of piperidine rings is 1. The molecule has 0 aromatic carbocycles. The predicted molar refractivity (Wildman–Crippen MR) is 101 cm³/mol. The minimum atomic E-state index is -4.54. The van der Waals surface area contributed by atoms with Gasteiger partial charge in [0, 0.05) is 36.8 Å². The van der Waals surface area contributed by atoms with E-state index >= 15 is 0 Å². The number of hydrogen-bond donors (Lipinski definition) is 0. The van der Waals surface area contributed by atoms with E-state index in [2.05, 4.69) is 15.2 Å². The van der Waals surface area contributed by atoms with Crippen LogP contribution in [-0.4, -0.2) is 43.7 Å². The monoisotopic (exact) mass is 421 g/mol. The van der Waals surface area contributed by atoms with Gasteiger partial charge in [0.1, 0.15) is 5.69 Å². The molecule has 1 atom stereocenters. The number of carbonyl (C=O) groups excluding carboxylic acids is 1. The predicted octanol–water partition coefficient (Wildman–Crippen LogP) is 4.19. The molecular weight excluding hydrogens is 399 g/mol. The van der Waals surface area contributed by atoms with E-state index in [1.54, 1.807) is 17.0 Å². The zero-order valence-electron chi connectivity index (χ0n) is 16.9. The Morgan fingerprint density at radius 1 is 1.27 bits per heavy atom. The lowest BCUT2D eigenvalue weighted by Crippen LogP contribution is -2.39. The second-order valence-electron chi connectivity index (χ2n) is 7.98. The van der Waals surface area contributed by atoms with E-state index in [0.717, 1.165) is 17.0 Å². The maximum atomic E-state index is 13.4. The third-order valence-corrected chi connectivity index (χ3v) is 5.32. The molecule has 4 rings (SSSR count). The summed E-state index contributed by atoms with van der Waals surface area (Å²) in [6, 6.07) is 4.20. The molecule has 10 heteroatoms. The summed E-state index contributed by atoms with van der Waals surface area (Å²) in [5.74, 6) is -0.141. The molecule has 30 heavy (non-hydrogen) atoms. The lowest BCUT2D eigenvalue weighted by atomic mass is 9.94. The Morgan fingerprint density at radius 2 is 2.03 bits per heavy atom. The van der Waals surface area contributed by atoms with Crippen molar-refractivity contribution in [1.29, 1.82) is 0 Å². The van der Waals surface area contributed by atoms with Crippen LogP contribution in [0.1, 0.15) is 71.9 Å². The maximum Gasteiger partial charge on any atom is 0.433 e. The summed E-state index contributed by atoms with van der Waals surface area (Å²) in [6.45, 7) is 6.33. The lowest BCUT2D eigenvalue weighted by molar-refractivity contribution is -0.142. The van der Waals surface area contributed by atoms with Crippen molar-refractivity contribution in [2.45, 2.75) is 51.6 Å². The highest BCUT2D eigenvalue weighted by Gasteiger charge is 2.36. The molecule has 1 aliphatic rings. The van der Waals surface area contributed by atoms with Gasteiger partial charge in [-0.1, -0.05) is 19.0 Å². The number of aryl methyl sites for hydroxylation is 1. The van der Waals surface area contributed by atoms with Gasteiger partial charge in [0.05, 0.1) is 11.4 Å². The second-order valence-corrected chi connectivity index (χ2v) is 7.98. The van der Waals surface area contributed by atoms with Crippen molar-refractivity contribution in [3.63, 3.8) is 0 Å². The van der Waals surface area contributed by atoms with Crippen LogP contribution in [0.25, 0.3) is 5.65 Å². The summed E-state index contributed by atoms with van der Waals surface area (Å²) in [5, 5.41) is 8.12. The average molecular weight is 421 g/mol. The molecule has 0 saturated carbocycles. The number of halogens is 3. The molecule has 1 aliphatic heterocycles. The van der Waals surface area contributed by atoms with Crippen LogP contribution in [0.15, 0.2) is 22.7 Å². The highest BCUT2D eigenvalue weighted by atomic mass is 19.4. The van der Waals surface area contributed by atoms with E-state index < -0.39 is 11.9 Å². The first-order valence-corrected chi connectivity index (χ1v) is 9.84. The lowest BCUT2D eigenvalue weighted by Gasteiger charge is -2.31. The van der Waals surface area contributed by atoms with Gasteiger partial charge in [0.15, 0.2) is 5.65 Å². The fraction of sp³-hybridized carbons (Fsp3) is 0.500. The van der Waals surface area contributed by atoms with Crippen LogP contribution in [0.3, 0.4) is 0 Å². The molecule has 3 aromatic heterocycles. The van der Waals surface area contributed by atoms with Gasteiger partial charge in [-0.3, -0.25) is 4.79 Å². The Morgan fingerprint density at radius 3 is 2.70 bits per heavy atom. The summed E-state index contributed by atoms with van der Waals surface area (Å²) < 4.78 is 46.3. The zero-order valence-corrected chi connectivity index (χ0v) is 16.9. The molecule has 1 saturated heterocycles. The quantitative estimate of drug-likeness (QED) is 0.634. The van der Waals surface area contributed by atoms with E-state index in [-0.39, 0.29) is 34.8 Å². The smallest absolute Gasteiger partial charge is 0.351 e. The topological polar surface area (TPSA) is 76.5 Å². The van der Waals surface area contributed by atoms with E-state index in [4.69, 9.17) is 4.52 Å². The van der Waals surface area contributed by atoms with Gasteiger partial charge in [0.25, 0.3) is 5.91 Å². The van der Waals surface area contributed by atoms with Crippen LogP contribution >= 0.6 is 0 Å². The fourth-order valence-corrected chi connectivity index (χ4v) is 3.74. The van der Waals surface area contributed by atoms with Crippen LogP contribution in [0.2, 0.25) is 0 Å². The van der Waals surface area contributed by atoms with E-state index in [9.17, 15) is 18.0 Å². The molecule has 4 heterocycles. The van der Waals surface area contributed by atoms with Gasteiger partial charge in [-0.2, -0.15) is 18.3 Å². The number of aromatic nitrogens is 4. The first kappa shape index (κ1) is 20.4. The van der Waals surface area contributed by atoms with Gasteiger partial charge in [-0.15, -0.1) is 0 Å². The molecule has 0 spiro atoms. The maximum absolute atomic E-state index is 13.4. The van der Waals surface area contributed by atoms with Crippen LogP contribution in [0.5, 0.6) is 0 Å². The van der Waals surface area contributed by atoms with Crippen molar-refractivity contribution in [3.05, 3.63) is 46.7 Å². The van der Waals surface area contributed by atoms with Crippen molar-refractivity contribution >= 4 is 11.6 Å². The number of carbonyl (C=O) groups is 1. The summed E-state index contributed by atoms with van der Waals surface area (Å²) in [6.07, 6.45) is -3.10. The SMILES string of the molecule is Cc1cc(C(F)(F)F)n2nc([C@@H]3CCCN(C(=O)c4cc(C(C)C)no4)C3)cc2n1. The molecule has 7 nitrogen and oxygen atoms in total. The second kappa shape index (κ2) is 7.41. The normalized spacial score (nSPS) is 17.8. The van der Waals surface area contributed by atoms with Gasteiger partial charge >= 0.3 is 6.18 Å². The first-order chi connectivity index (χ1) is 14.1. The summed E-state index contributed by atoms with van der Waals surface area (Å²) in [4.78, 5) is 18.6.